The summed E-state index contributed by atoms with van der Waals surface area (Å²) < 4.78 is 0. The van der Waals surface area contributed by atoms with Crippen molar-refractivity contribution in [3.8, 4) is 0 Å². The normalized spacial score (nSPS) is 38.9. The first-order chi connectivity index (χ1) is 9.45. The van der Waals surface area contributed by atoms with Gasteiger partial charge in [-0.1, -0.05) is 47.5 Å². The van der Waals surface area contributed by atoms with Gasteiger partial charge < -0.3 is 5.32 Å². The molecule has 2 aliphatic rings. The van der Waals surface area contributed by atoms with Crippen molar-refractivity contribution in [1.82, 2.24) is 5.32 Å². The highest BCUT2D eigenvalue weighted by Gasteiger charge is 2.43. The molecule has 2 rings (SSSR count). The molecule has 0 aromatic rings. The number of hydrogen-bond donors (Lipinski definition) is 1. The predicted octanol–water partition coefficient (Wildman–Crippen LogP) is 5.25. The van der Waals surface area contributed by atoms with Gasteiger partial charge in [0.2, 0.25) is 0 Å². The Labute approximate surface area is 127 Å². The van der Waals surface area contributed by atoms with Crippen LogP contribution in [0, 0.1) is 29.1 Å². The molecule has 0 aromatic heterocycles. The number of nitrogens with one attached hydrogen (secondary N) is 1. The molecule has 1 N–H and O–H groups in total. The Balaban J connectivity index is 2.07. The van der Waals surface area contributed by atoms with Crippen LogP contribution in [0.15, 0.2) is 0 Å². The fourth-order valence-electron chi connectivity index (χ4n) is 4.88. The van der Waals surface area contributed by atoms with Gasteiger partial charge in [0.15, 0.2) is 0 Å². The summed E-state index contributed by atoms with van der Waals surface area (Å²) in [6.45, 7) is 13.5. The SMILES string of the molecule is CCCNC(C1CCC(C)C(C)C1)C1CCCC1(C)C. The number of hydrogen-bond acceptors (Lipinski definition) is 1. The van der Waals surface area contributed by atoms with Crippen molar-refractivity contribution < 1.29 is 0 Å². The van der Waals surface area contributed by atoms with Crippen LogP contribution in [-0.4, -0.2) is 12.6 Å². The van der Waals surface area contributed by atoms with E-state index in [-0.39, 0.29) is 0 Å². The third-order valence-corrected chi connectivity index (χ3v) is 6.55. The Morgan fingerprint density at radius 1 is 1.10 bits per heavy atom. The first-order valence-corrected chi connectivity index (χ1v) is 9.19. The first-order valence-electron chi connectivity index (χ1n) is 9.19. The molecule has 0 aromatic carbocycles. The zero-order valence-electron chi connectivity index (χ0n) is 14.5. The van der Waals surface area contributed by atoms with Crippen molar-refractivity contribution in [1.29, 1.82) is 0 Å². The van der Waals surface area contributed by atoms with Gasteiger partial charge in [0.25, 0.3) is 0 Å². The Morgan fingerprint density at radius 2 is 1.85 bits per heavy atom. The lowest BCUT2D eigenvalue weighted by Gasteiger charge is -2.43. The molecule has 1 heteroatoms. The Morgan fingerprint density at radius 3 is 2.40 bits per heavy atom. The first kappa shape index (κ1) is 16.3. The Hall–Kier alpha value is -0.0400. The maximum Gasteiger partial charge on any atom is 0.0129 e. The van der Waals surface area contributed by atoms with Crippen molar-refractivity contribution in [2.45, 2.75) is 85.6 Å². The lowest BCUT2D eigenvalue weighted by atomic mass is 9.66. The van der Waals surface area contributed by atoms with Crippen LogP contribution in [0.5, 0.6) is 0 Å². The molecule has 20 heavy (non-hydrogen) atoms. The molecule has 5 unspecified atom stereocenters. The third-order valence-electron chi connectivity index (χ3n) is 6.55. The minimum Gasteiger partial charge on any atom is -0.313 e. The smallest absolute Gasteiger partial charge is 0.0129 e. The minimum atomic E-state index is 0.553. The van der Waals surface area contributed by atoms with E-state index in [4.69, 9.17) is 0 Å². The van der Waals surface area contributed by atoms with E-state index in [2.05, 4.69) is 39.9 Å². The standard InChI is InChI=1S/C19H37N/c1-6-12-20-18(17-8-7-11-19(17,4)5)16-10-9-14(2)15(3)13-16/h14-18,20H,6-13H2,1-5H3. The maximum absolute atomic E-state index is 3.97. The number of rotatable bonds is 5. The summed E-state index contributed by atoms with van der Waals surface area (Å²) in [5.74, 6) is 3.69. The highest BCUT2D eigenvalue weighted by Crippen LogP contribution is 2.48. The molecule has 0 aliphatic heterocycles. The van der Waals surface area contributed by atoms with Crippen LogP contribution in [0.25, 0.3) is 0 Å². The molecule has 0 spiro atoms. The molecule has 118 valence electrons. The molecule has 0 bridgehead atoms. The molecule has 0 saturated heterocycles. The lowest BCUT2D eigenvalue weighted by Crippen LogP contribution is -2.48. The van der Waals surface area contributed by atoms with E-state index in [0.29, 0.717) is 5.41 Å². The minimum absolute atomic E-state index is 0.553. The average molecular weight is 280 g/mol. The van der Waals surface area contributed by atoms with Crippen molar-refractivity contribution in [3.63, 3.8) is 0 Å². The van der Waals surface area contributed by atoms with Gasteiger partial charge in [-0.15, -0.1) is 0 Å². The molecule has 0 radical (unpaired) electrons. The van der Waals surface area contributed by atoms with E-state index in [1.165, 1.54) is 51.5 Å². The highest BCUT2D eigenvalue weighted by atomic mass is 14.9. The van der Waals surface area contributed by atoms with Gasteiger partial charge >= 0.3 is 0 Å². The Kier molecular flexibility index (Phi) is 5.56. The zero-order chi connectivity index (χ0) is 14.8. The lowest BCUT2D eigenvalue weighted by molar-refractivity contribution is 0.0992. The summed E-state index contributed by atoms with van der Waals surface area (Å²) in [5, 5.41) is 3.97. The largest absolute Gasteiger partial charge is 0.313 e. The van der Waals surface area contributed by atoms with Gasteiger partial charge in [0.1, 0.15) is 0 Å². The fraction of sp³-hybridized carbons (Fsp3) is 1.00. The molecule has 2 fully saturated rings. The van der Waals surface area contributed by atoms with E-state index in [1.54, 1.807) is 0 Å². The van der Waals surface area contributed by atoms with E-state index >= 15 is 0 Å². The van der Waals surface area contributed by atoms with Gasteiger partial charge in [0.05, 0.1) is 0 Å². The molecule has 0 heterocycles. The molecule has 2 saturated carbocycles. The molecular formula is C19H37N. The molecule has 0 amide bonds. The summed E-state index contributed by atoms with van der Waals surface area (Å²) in [6, 6.07) is 0.780. The molecule has 2 aliphatic carbocycles. The van der Waals surface area contributed by atoms with Crippen LogP contribution in [0.3, 0.4) is 0 Å². The van der Waals surface area contributed by atoms with Crippen molar-refractivity contribution >= 4 is 0 Å². The summed E-state index contributed by atoms with van der Waals surface area (Å²) in [7, 11) is 0. The second-order valence-electron chi connectivity index (χ2n) is 8.49. The second kappa shape index (κ2) is 6.81. The predicted molar refractivity (Wildman–Crippen MR) is 88.9 cm³/mol. The van der Waals surface area contributed by atoms with E-state index in [9.17, 15) is 0 Å². The summed E-state index contributed by atoms with van der Waals surface area (Å²) in [5.41, 5.74) is 0.553. The molecular weight excluding hydrogens is 242 g/mol. The zero-order valence-corrected chi connectivity index (χ0v) is 14.5. The van der Waals surface area contributed by atoms with Crippen LogP contribution in [0.1, 0.15) is 79.6 Å². The van der Waals surface area contributed by atoms with Crippen LogP contribution in [0.4, 0.5) is 0 Å². The second-order valence-corrected chi connectivity index (χ2v) is 8.49. The maximum atomic E-state index is 3.97. The average Bonchev–Trinajstić information content (AvgIpc) is 2.74. The van der Waals surface area contributed by atoms with Crippen molar-refractivity contribution in [3.05, 3.63) is 0 Å². The Bertz CT molecular complexity index is 296. The third kappa shape index (κ3) is 3.59. The van der Waals surface area contributed by atoms with E-state index in [0.717, 1.165) is 29.7 Å². The van der Waals surface area contributed by atoms with Gasteiger partial charge in [-0.2, -0.15) is 0 Å². The van der Waals surface area contributed by atoms with Gasteiger partial charge in [0, 0.05) is 6.04 Å². The van der Waals surface area contributed by atoms with Crippen LogP contribution < -0.4 is 5.32 Å². The van der Waals surface area contributed by atoms with Crippen LogP contribution >= 0.6 is 0 Å². The van der Waals surface area contributed by atoms with Crippen molar-refractivity contribution in [2.75, 3.05) is 6.54 Å². The highest BCUT2D eigenvalue weighted by molar-refractivity contribution is 4.96. The van der Waals surface area contributed by atoms with Crippen molar-refractivity contribution in [2.24, 2.45) is 29.1 Å². The molecule has 5 atom stereocenters. The quantitative estimate of drug-likeness (QED) is 0.724. The van der Waals surface area contributed by atoms with Gasteiger partial charge in [-0.05, 0) is 67.7 Å². The summed E-state index contributed by atoms with van der Waals surface area (Å²) >= 11 is 0. The molecule has 1 nitrogen and oxygen atoms in total. The van der Waals surface area contributed by atoms with E-state index < -0.39 is 0 Å². The van der Waals surface area contributed by atoms with Crippen LogP contribution in [0.2, 0.25) is 0 Å². The van der Waals surface area contributed by atoms with Gasteiger partial charge in [-0.25, -0.2) is 0 Å². The van der Waals surface area contributed by atoms with E-state index in [1.807, 2.05) is 0 Å². The monoisotopic (exact) mass is 279 g/mol. The fourth-order valence-corrected chi connectivity index (χ4v) is 4.88. The topological polar surface area (TPSA) is 12.0 Å². The van der Waals surface area contributed by atoms with Gasteiger partial charge in [-0.3, -0.25) is 0 Å². The summed E-state index contributed by atoms with van der Waals surface area (Å²) in [4.78, 5) is 0. The summed E-state index contributed by atoms with van der Waals surface area (Å²) in [6.07, 6.45) is 9.95. The van der Waals surface area contributed by atoms with Crippen LogP contribution in [-0.2, 0) is 0 Å².